The van der Waals surface area contributed by atoms with E-state index in [9.17, 15) is 4.39 Å². The number of benzene rings is 1. The van der Waals surface area contributed by atoms with Gasteiger partial charge >= 0.3 is 0 Å². The van der Waals surface area contributed by atoms with E-state index in [1.54, 1.807) is 12.1 Å². The zero-order valence-electron chi connectivity index (χ0n) is 10.2. The second-order valence-corrected chi connectivity index (χ2v) is 5.91. The highest BCUT2D eigenvalue weighted by atomic mass is 79.9. The molecule has 1 fully saturated rings. The van der Waals surface area contributed by atoms with Crippen LogP contribution in [-0.2, 0) is 6.54 Å². The second kappa shape index (κ2) is 5.49. The number of nitrogens with one attached hydrogen (secondary N) is 1. The Morgan fingerprint density at radius 1 is 1.41 bits per heavy atom. The summed E-state index contributed by atoms with van der Waals surface area (Å²) in [5.41, 5.74) is 1.53. The fourth-order valence-electron chi connectivity index (χ4n) is 2.45. The fourth-order valence-corrected chi connectivity index (χ4v) is 2.70. The largest absolute Gasteiger partial charge is 0.312 e. The third-order valence-electron chi connectivity index (χ3n) is 3.98. The van der Waals surface area contributed by atoms with E-state index in [4.69, 9.17) is 0 Å². The summed E-state index contributed by atoms with van der Waals surface area (Å²) in [6.45, 7) is 4.08. The first kappa shape index (κ1) is 13.0. The summed E-state index contributed by atoms with van der Waals surface area (Å²) < 4.78 is 13.8. The molecule has 0 unspecified atom stereocenters. The summed E-state index contributed by atoms with van der Waals surface area (Å²) in [6, 6.07) is 5.32. The van der Waals surface area contributed by atoms with Crippen molar-refractivity contribution in [3.63, 3.8) is 0 Å². The second-order valence-electron chi connectivity index (χ2n) is 5.06. The van der Waals surface area contributed by atoms with E-state index >= 15 is 0 Å². The van der Waals surface area contributed by atoms with Gasteiger partial charge in [0.05, 0.1) is 4.47 Å². The Hall–Kier alpha value is -0.410. The van der Waals surface area contributed by atoms with Crippen molar-refractivity contribution in [1.82, 2.24) is 5.32 Å². The Morgan fingerprint density at radius 3 is 2.71 bits per heavy atom. The Kier molecular flexibility index (Phi) is 4.21. The Morgan fingerprint density at radius 2 is 2.18 bits per heavy atom. The summed E-state index contributed by atoms with van der Waals surface area (Å²) in [5.74, 6) is -0.182. The van der Waals surface area contributed by atoms with Crippen LogP contribution in [0.2, 0.25) is 0 Å². The van der Waals surface area contributed by atoms with E-state index < -0.39 is 0 Å². The minimum atomic E-state index is -0.182. The molecular weight excluding hydrogens is 281 g/mol. The summed E-state index contributed by atoms with van der Waals surface area (Å²) in [4.78, 5) is 0. The average molecular weight is 300 g/mol. The van der Waals surface area contributed by atoms with Crippen LogP contribution in [0.1, 0.15) is 38.2 Å². The van der Waals surface area contributed by atoms with Crippen molar-refractivity contribution >= 4 is 15.9 Å². The molecule has 3 heteroatoms. The molecule has 1 aromatic rings. The Bertz CT molecular complexity index is 382. The molecule has 1 aromatic carbocycles. The van der Waals surface area contributed by atoms with Crippen molar-refractivity contribution < 1.29 is 4.39 Å². The van der Waals surface area contributed by atoms with Gasteiger partial charge in [-0.25, -0.2) is 4.39 Å². The van der Waals surface area contributed by atoms with Crippen molar-refractivity contribution in [2.75, 3.05) is 6.54 Å². The van der Waals surface area contributed by atoms with Crippen molar-refractivity contribution in [1.29, 1.82) is 0 Å². The predicted molar refractivity (Wildman–Crippen MR) is 72.4 cm³/mol. The van der Waals surface area contributed by atoms with Gasteiger partial charge in [-0.15, -0.1) is 0 Å². The molecule has 0 bridgehead atoms. The normalized spacial score (nSPS) is 17.8. The zero-order valence-corrected chi connectivity index (χ0v) is 11.8. The zero-order chi connectivity index (χ0) is 12.3. The van der Waals surface area contributed by atoms with E-state index in [1.807, 2.05) is 6.07 Å². The summed E-state index contributed by atoms with van der Waals surface area (Å²) in [5, 5.41) is 3.46. The maximum Gasteiger partial charge on any atom is 0.137 e. The third-order valence-corrected chi connectivity index (χ3v) is 4.62. The lowest BCUT2D eigenvalue weighted by atomic mass is 9.67. The van der Waals surface area contributed by atoms with Crippen LogP contribution in [0.15, 0.2) is 22.7 Å². The van der Waals surface area contributed by atoms with Crippen LogP contribution in [-0.4, -0.2) is 6.54 Å². The fraction of sp³-hybridized carbons (Fsp3) is 0.571. The molecule has 1 saturated carbocycles. The molecule has 1 aliphatic carbocycles. The molecule has 0 heterocycles. The van der Waals surface area contributed by atoms with Gasteiger partial charge in [-0.3, -0.25) is 0 Å². The highest BCUT2D eigenvalue weighted by molar-refractivity contribution is 9.10. The summed E-state index contributed by atoms with van der Waals surface area (Å²) in [6.07, 6.45) is 5.29. The van der Waals surface area contributed by atoms with E-state index in [2.05, 4.69) is 28.2 Å². The smallest absolute Gasteiger partial charge is 0.137 e. The van der Waals surface area contributed by atoms with Gasteiger partial charge in [0.1, 0.15) is 5.82 Å². The first-order chi connectivity index (χ1) is 8.15. The highest BCUT2D eigenvalue weighted by Gasteiger charge is 2.34. The van der Waals surface area contributed by atoms with Crippen molar-refractivity contribution in [3.05, 3.63) is 34.1 Å². The molecule has 0 amide bonds. The molecule has 1 nitrogen and oxygen atoms in total. The minimum Gasteiger partial charge on any atom is -0.312 e. The third kappa shape index (κ3) is 3.08. The maximum absolute atomic E-state index is 13.3. The average Bonchev–Trinajstić information content (AvgIpc) is 2.27. The van der Waals surface area contributed by atoms with E-state index in [-0.39, 0.29) is 5.82 Å². The summed E-state index contributed by atoms with van der Waals surface area (Å²) >= 11 is 3.17. The molecule has 0 radical (unpaired) electrons. The summed E-state index contributed by atoms with van der Waals surface area (Å²) in [7, 11) is 0. The molecule has 0 atom stereocenters. The van der Waals surface area contributed by atoms with Gasteiger partial charge in [0.15, 0.2) is 0 Å². The molecule has 17 heavy (non-hydrogen) atoms. The number of halogens is 2. The van der Waals surface area contributed by atoms with Crippen molar-refractivity contribution in [3.8, 4) is 0 Å². The standard InChI is InChI=1S/C14H19BrFN/c1-2-14(6-3-7-14)10-17-9-11-4-5-12(15)13(16)8-11/h4-5,8,17H,2-3,6-7,9-10H2,1H3. The van der Waals surface area contributed by atoms with Crippen LogP contribution in [0.25, 0.3) is 0 Å². The molecule has 0 aromatic heterocycles. The lowest BCUT2D eigenvalue weighted by molar-refractivity contribution is 0.124. The number of hydrogen-bond acceptors (Lipinski definition) is 1. The van der Waals surface area contributed by atoms with Gasteiger partial charge in [0.2, 0.25) is 0 Å². The van der Waals surface area contributed by atoms with Gasteiger partial charge in [0, 0.05) is 13.1 Å². The lowest BCUT2D eigenvalue weighted by Crippen LogP contribution is -2.39. The SMILES string of the molecule is CCC1(CNCc2ccc(Br)c(F)c2)CCC1. The Balaban J connectivity index is 1.83. The van der Waals surface area contributed by atoms with E-state index in [0.717, 1.165) is 18.7 Å². The molecule has 0 saturated heterocycles. The van der Waals surface area contributed by atoms with Crippen LogP contribution in [0, 0.1) is 11.2 Å². The van der Waals surface area contributed by atoms with Gasteiger partial charge in [-0.1, -0.05) is 19.4 Å². The first-order valence-corrected chi connectivity index (χ1v) is 7.09. The molecule has 1 N–H and O–H groups in total. The highest BCUT2D eigenvalue weighted by Crippen LogP contribution is 2.43. The van der Waals surface area contributed by atoms with Gasteiger partial charge in [0.25, 0.3) is 0 Å². The van der Waals surface area contributed by atoms with E-state index in [0.29, 0.717) is 9.89 Å². The van der Waals surface area contributed by atoms with Crippen molar-refractivity contribution in [2.24, 2.45) is 5.41 Å². The molecule has 1 aliphatic rings. The predicted octanol–water partition coefficient (Wildman–Crippen LogP) is 4.26. The molecule has 0 aliphatic heterocycles. The maximum atomic E-state index is 13.3. The monoisotopic (exact) mass is 299 g/mol. The van der Waals surface area contributed by atoms with Gasteiger partial charge < -0.3 is 5.32 Å². The van der Waals surface area contributed by atoms with Crippen LogP contribution in [0.3, 0.4) is 0 Å². The van der Waals surface area contributed by atoms with Gasteiger partial charge in [-0.2, -0.15) is 0 Å². The Labute approximate surface area is 111 Å². The van der Waals surface area contributed by atoms with Crippen LogP contribution in [0.5, 0.6) is 0 Å². The van der Waals surface area contributed by atoms with Crippen LogP contribution >= 0.6 is 15.9 Å². The topological polar surface area (TPSA) is 12.0 Å². The molecule has 0 spiro atoms. The van der Waals surface area contributed by atoms with Gasteiger partial charge in [-0.05, 0) is 58.3 Å². The van der Waals surface area contributed by atoms with Crippen molar-refractivity contribution in [2.45, 2.75) is 39.2 Å². The number of rotatable bonds is 5. The molecule has 2 rings (SSSR count). The lowest BCUT2D eigenvalue weighted by Gasteiger charge is -2.41. The first-order valence-electron chi connectivity index (χ1n) is 6.30. The molecular formula is C14H19BrFN. The molecule has 94 valence electrons. The van der Waals surface area contributed by atoms with Crippen LogP contribution < -0.4 is 5.32 Å². The van der Waals surface area contributed by atoms with E-state index in [1.165, 1.54) is 25.7 Å². The minimum absolute atomic E-state index is 0.182. The quantitative estimate of drug-likeness (QED) is 0.857. The van der Waals surface area contributed by atoms with Crippen LogP contribution in [0.4, 0.5) is 4.39 Å². The number of hydrogen-bond donors (Lipinski definition) is 1.